The van der Waals surface area contributed by atoms with Crippen LogP contribution >= 0.6 is 0 Å². The van der Waals surface area contributed by atoms with Gasteiger partial charge in [0.25, 0.3) is 0 Å². The van der Waals surface area contributed by atoms with Crippen molar-refractivity contribution in [3.05, 3.63) is 0 Å². The Morgan fingerprint density at radius 2 is 2.36 bits per heavy atom. The van der Waals surface area contributed by atoms with E-state index in [1.165, 1.54) is 0 Å². The summed E-state index contributed by atoms with van der Waals surface area (Å²) in [6, 6.07) is 0.0613. The molecule has 1 rings (SSSR count). The molecule has 0 aromatic heterocycles. The molecule has 0 aromatic carbocycles. The van der Waals surface area contributed by atoms with E-state index in [-0.39, 0.29) is 6.00 Å². The standard InChI is InChI=1S/C5H14BN3O2/c6-3-1-2-5(10,11-3)9-4(7)8/h3-4,9-10H,1-2,6-8H2/t3-,5-/m1/s1. The second kappa shape index (κ2) is 3.08. The largest absolute Gasteiger partial charge is 0.353 e. The number of hydrogen-bond donors (Lipinski definition) is 4. The van der Waals surface area contributed by atoms with Crippen LogP contribution in [-0.2, 0) is 4.74 Å². The summed E-state index contributed by atoms with van der Waals surface area (Å²) in [6.07, 6.45) is 0.597. The molecule has 0 spiro atoms. The van der Waals surface area contributed by atoms with E-state index in [0.717, 1.165) is 6.42 Å². The predicted molar refractivity (Wildman–Crippen MR) is 42.9 cm³/mol. The smallest absolute Gasteiger partial charge is 0.226 e. The Morgan fingerprint density at radius 3 is 2.73 bits per heavy atom. The second-order valence-corrected chi connectivity index (χ2v) is 2.92. The average molecular weight is 159 g/mol. The minimum Gasteiger partial charge on any atom is -0.353 e. The lowest BCUT2D eigenvalue weighted by Crippen LogP contribution is -2.57. The van der Waals surface area contributed by atoms with Crippen LogP contribution in [0.2, 0.25) is 0 Å². The molecule has 0 amide bonds. The first-order valence-electron chi connectivity index (χ1n) is 3.71. The van der Waals surface area contributed by atoms with Crippen molar-refractivity contribution >= 4 is 7.85 Å². The highest BCUT2D eigenvalue weighted by Gasteiger charge is 2.36. The maximum absolute atomic E-state index is 9.54. The predicted octanol–water partition coefficient (Wildman–Crippen LogP) is -2.81. The third-order valence-electron chi connectivity index (χ3n) is 1.68. The lowest BCUT2D eigenvalue weighted by Gasteiger charge is -2.25. The van der Waals surface area contributed by atoms with Crippen molar-refractivity contribution in [3.63, 3.8) is 0 Å². The molecule has 6 N–H and O–H groups in total. The van der Waals surface area contributed by atoms with E-state index in [1.54, 1.807) is 0 Å². The third-order valence-corrected chi connectivity index (χ3v) is 1.68. The number of ether oxygens (including phenoxy) is 1. The maximum atomic E-state index is 9.54. The van der Waals surface area contributed by atoms with E-state index in [0.29, 0.717) is 6.42 Å². The first-order chi connectivity index (χ1) is 5.02. The molecule has 1 aliphatic rings. The topological polar surface area (TPSA) is 93.5 Å². The zero-order valence-electron chi connectivity index (χ0n) is 6.58. The van der Waals surface area contributed by atoms with E-state index in [9.17, 15) is 5.11 Å². The van der Waals surface area contributed by atoms with Gasteiger partial charge in [-0.2, -0.15) is 0 Å². The third kappa shape index (κ3) is 2.42. The summed E-state index contributed by atoms with van der Waals surface area (Å²) < 4.78 is 5.14. The second-order valence-electron chi connectivity index (χ2n) is 2.92. The first kappa shape index (κ1) is 8.96. The molecule has 1 aliphatic heterocycles. The van der Waals surface area contributed by atoms with E-state index in [1.807, 2.05) is 7.85 Å². The molecule has 1 heterocycles. The van der Waals surface area contributed by atoms with E-state index < -0.39 is 12.2 Å². The Labute approximate surface area is 66.5 Å². The highest BCUT2D eigenvalue weighted by atomic mass is 16.7. The van der Waals surface area contributed by atoms with Gasteiger partial charge < -0.3 is 21.3 Å². The lowest BCUT2D eigenvalue weighted by atomic mass is 9.97. The summed E-state index contributed by atoms with van der Waals surface area (Å²) in [7, 11) is 1.89. The van der Waals surface area contributed by atoms with Crippen molar-refractivity contribution < 1.29 is 9.84 Å². The van der Waals surface area contributed by atoms with Crippen LogP contribution in [0.5, 0.6) is 0 Å². The molecule has 0 radical (unpaired) electrons. The molecule has 0 aliphatic carbocycles. The summed E-state index contributed by atoms with van der Waals surface area (Å²) >= 11 is 0. The zero-order valence-corrected chi connectivity index (χ0v) is 6.58. The summed E-state index contributed by atoms with van der Waals surface area (Å²) in [5, 5.41) is 12.1. The normalized spacial score (nSPS) is 38.4. The van der Waals surface area contributed by atoms with Gasteiger partial charge in [-0.1, -0.05) is 0 Å². The number of aliphatic hydroxyl groups is 1. The van der Waals surface area contributed by atoms with Gasteiger partial charge in [-0.05, 0) is 6.42 Å². The van der Waals surface area contributed by atoms with Gasteiger partial charge in [0.15, 0.2) is 0 Å². The van der Waals surface area contributed by atoms with Gasteiger partial charge in [0, 0.05) is 12.4 Å². The Kier molecular flexibility index (Phi) is 2.51. The Morgan fingerprint density at radius 1 is 1.73 bits per heavy atom. The van der Waals surface area contributed by atoms with Gasteiger partial charge in [0.1, 0.15) is 14.1 Å². The summed E-state index contributed by atoms with van der Waals surface area (Å²) in [4.78, 5) is 0. The number of nitrogens with one attached hydrogen (secondary N) is 1. The molecule has 5 nitrogen and oxygen atoms in total. The van der Waals surface area contributed by atoms with Gasteiger partial charge in [0.05, 0.1) is 0 Å². The summed E-state index contributed by atoms with van der Waals surface area (Å²) in [5.41, 5.74) is 10.5. The van der Waals surface area contributed by atoms with E-state index in [4.69, 9.17) is 16.2 Å². The van der Waals surface area contributed by atoms with E-state index >= 15 is 0 Å². The number of rotatable bonds is 2. The minimum atomic E-state index is -1.31. The lowest BCUT2D eigenvalue weighted by molar-refractivity contribution is -0.205. The van der Waals surface area contributed by atoms with Gasteiger partial charge >= 0.3 is 0 Å². The maximum Gasteiger partial charge on any atom is 0.226 e. The molecule has 64 valence electrons. The molecule has 2 atom stereocenters. The monoisotopic (exact) mass is 159 g/mol. The molecule has 0 unspecified atom stereocenters. The van der Waals surface area contributed by atoms with Crippen LogP contribution < -0.4 is 16.8 Å². The van der Waals surface area contributed by atoms with Crippen LogP contribution in [0.1, 0.15) is 12.8 Å². The molecule has 0 saturated carbocycles. The molecular weight excluding hydrogens is 145 g/mol. The van der Waals surface area contributed by atoms with Crippen molar-refractivity contribution in [2.75, 3.05) is 0 Å². The van der Waals surface area contributed by atoms with Crippen LogP contribution in [-0.4, -0.2) is 31.2 Å². The molecule has 0 aromatic rings. The number of hydrogen-bond acceptors (Lipinski definition) is 5. The van der Waals surface area contributed by atoms with Crippen LogP contribution in [0, 0.1) is 0 Å². The van der Waals surface area contributed by atoms with Crippen molar-refractivity contribution in [1.29, 1.82) is 0 Å². The highest BCUT2D eigenvalue weighted by Crippen LogP contribution is 2.23. The molecular formula is C5H14BN3O2. The fourth-order valence-electron chi connectivity index (χ4n) is 1.22. The highest BCUT2D eigenvalue weighted by molar-refractivity contribution is 6.11. The van der Waals surface area contributed by atoms with Gasteiger partial charge in [-0.25, -0.2) is 5.32 Å². The van der Waals surface area contributed by atoms with Crippen LogP contribution in [0.15, 0.2) is 0 Å². The van der Waals surface area contributed by atoms with Crippen molar-refractivity contribution in [2.24, 2.45) is 11.5 Å². The minimum absolute atomic E-state index is 0.0613. The van der Waals surface area contributed by atoms with Gasteiger partial charge in [-0.3, -0.25) is 0 Å². The van der Waals surface area contributed by atoms with Crippen LogP contribution in [0.4, 0.5) is 0 Å². The quantitative estimate of drug-likeness (QED) is 0.258. The van der Waals surface area contributed by atoms with Crippen molar-refractivity contribution in [3.8, 4) is 0 Å². The Hall–Kier alpha value is -0.135. The van der Waals surface area contributed by atoms with Gasteiger partial charge in [0.2, 0.25) is 5.91 Å². The molecule has 1 saturated heterocycles. The zero-order chi connectivity index (χ0) is 8.48. The SMILES string of the molecule is B[C@H]1CC[C@](O)(NC(N)N)O1. The Balaban J connectivity index is 2.42. The van der Waals surface area contributed by atoms with Crippen molar-refractivity contribution in [1.82, 2.24) is 5.32 Å². The average Bonchev–Trinajstić information content (AvgIpc) is 2.08. The Bertz CT molecular complexity index is 146. The molecule has 11 heavy (non-hydrogen) atoms. The molecule has 6 heteroatoms. The summed E-state index contributed by atoms with van der Waals surface area (Å²) in [6.45, 7) is 0. The molecule has 1 fully saturated rings. The fourth-order valence-corrected chi connectivity index (χ4v) is 1.22. The first-order valence-corrected chi connectivity index (χ1v) is 3.71. The van der Waals surface area contributed by atoms with Crippen molar-refractivity contribution in [2.45, 2.75) is 31.0 Å². The number of nitrogens with two attached hydrogens (primary N) is 2. The summed E-state index contributed by atoms with van der Waals surface area (Å²) in [5.74, 6) is -1.31. The molecule has 0 bridgehead atoms. The van der Waals surface area contributed by atoms with E-state index in [2.05, 4.69) is 5.32 Å². The van der Waals surface area contributed by atoms with Gasteiger partial charge in [-0.15, -0.1) is 0 Å². The fraction of sp³-hybridized carbons (Fsp3) is 1.00. The van der Waals surface area contributed by atoms with Crippen LogP contribution in [0.3, 0.4) is 0 Å². The van der Waals surface area contributed by atoms with Crippen LogP contribution in [0.25, 0.3) is 0 Å².